The van der Waals surface area contributed by atoms with E-state index in [1.54, 1.807) is 0 Å². The Labute approximate surface area is 153 Å². The van der Waals surface area contributed by atoms with Crippen LogP contribution in [0.4, 0.5) is 0 Å². The summed E-state index contributed by atoms with van der Waals surface area (Å²) in [4.78, 5) is 0.154. The molecule has 1 aliphatic carbocycles. The lowest BCUT2D eigenvalue weighted by Gasteiger charge is -2.11. The molecular formula is C19H21ClO4S. The van der Waals surface area contributed by atoms with E-state index < -0.39 is 26.4 Å². The van der Waals surface area contributed by atoms with Crippen LogP contribution in [0.3, 0.4) is 0 Å². The molecule has 0 bridgehead atoms. The van der Waals surface area contributed by atoms with Crippen LogP contribution in [-0.2, 0) is 16.3 Å². The van der Waals surface area contributed by atoms with Gasteiger partial charge in [-0.05, 0) is 41.8 Å². The molecule has 0 aromatic heterocycles. The summed E-state index contributed by atoms with van der Waals surface area (Å²) < 4.78 is 26.2. The molecule has 2 aromatic carbocycles. The van der Waals surface area contributed by atoms with Crippen molar-refractivity contribution in [3.8, 4) is 0 Å². The van der Waals surface area contributed by atoms with Gasteiger partial charge in [0.05, 0.1) is 23.4 Å². The lowest BCUT2D eigenvalue weighted by atomic mass is 9.99. The molecule has 3 rings (SSSR count). The summed E-state index contributed by atoms with van der Waals surface area (Å²) in [5.41, 5.74) is 0.912. The van der Waals surface area contributed by atoms with Crippen LogP contribution < -0.4 is 0 Å². The van der Waals surface area contributed by atoms with Crippen molar-refractivity contribution in [2.45, 2.75) is 29.4 Å². The molecule has 0 radical (unpaired) electrons. The Bertz CT molecular complexity index is 840. The molecule has 134 valence electrons. The van der Waals surface area contributed by atoms with Crippen LogP contribution in [0.25, 0.3) is 0 Å². The molecule has 1 fully saturated rings. The predicted molar refractivity (Wildman–Crippen MR) is 97.6 cm³/mol. The highest BCUT2D eigenvalue weighted by Gasteiger charge is 2.70. The Morgan fingerprint density at radius 1 is 1.00 bits per heavy atom. The molecule has 0 heterocycles. The lowest BCUT2D eigenvalue weighted by molar-refractivity contribution is 0.130. The number of aryl methyl sites for hydroxylation is 1. The maximum Gasteiger partial charge on any atom is 0.182 e. The number of benzene rings is 2. The van der Waals surface area contributed by atoms with Gasteiger partial charge in [-0.2, -0.15) is 0 Å². The fraction of sp³-hybridized carbons (Fsp3) is 0.368. The highest BCUT2D eigenvalue weighted by molar-refractivity contribution is 7.92. The van der Waals surface area contributed by atoms with Crippen molar-refractivity contribution in [1.29, 1.82) is 0 Å². The van der Waals surface area contributed by atoms with E-state index >= 15 is 0 Å². The largest absolute Gasteiger partial charge is 0.396 e. The van der Waals surface area contributed by atoms with Gasteiger partial charge in [-0.25, -0.2) is 8.42 Å². The van der Waals surface area contributed by atoms with Crippen LogP contribution in [0.15, 0.2) is 53.4 Å². The monoisotopic (exact) mass is 380 g/mol. The van der Waals surface area contributed by atoms with Gasteiger partial charge >= 0.3 is 0 Å². The van der Waals surface area contributed by atoms with Gasteiger partial charge in [0, 0.05) is 16.4 Å². The first-order valence-electron chi connectivity index (χ1n) is 8.20. The van der Waals surface area contributed by atoms with E-state index in [2.05, 4.69) is 0 Å². The van der Waals surface area contributed by atoms with Crippen LogP contribution >= 0.6 is 11.6 Å². The summed E-state index contributed by atoms with van der Waals surface area (Å²) in [6.45, 7) is 1.27. The minimum absolute atomic E-state index is 0.154. The van der Waals surface area contributed by atoms with E-state index in [4.69, 9.17) is 11.6 Å². The molecule has 0 aliphatic heterocycles. The first-order chi connectivity index (χ1) is 11.9. The Morgan fingerprint density at radius 2 is 1.56 bits per heavy atom. The van der Waals surface area contributed by atoms with E-state index in [1.807, 2.05) is 31.2 Å². The zero-order valence-corrected chi connectivity index (χ0v) is 15.5. The van der Waals surface area contributed by atoms with Crippen LogP contribution in [0, 0.1) is 5.41 Å². The Morgan fingerprint density at radius 3 is 2.04 bits per heavy atom. The quantitative estimate of drug-likeness (QED) is 0.808. The van der Waals surface area contributed by atoms with Crippen LogP contribution in [0.2, 0.25) is 5.02 Å². The topological polar surface area (TPSA) is 74.6 Å². The third-order valence-electron chi connectivity index (χ3n) is 5.19. The van der Waals surface area contributed by atoms with Gasteiger partial charge in [-0.3, -0.25) is 0 Å². The molecule has 2 unspecified atom stereocenters. The minimum Gasteiger partial charge on any atom is -0.396 e. The zero-order valence-electron chi connectivity index (χ0n) is 13.9. The van der Waals surface area contributed by atoms with E-state index in [0.29, 0.717) is 5.02 Å². The number of rotatable bonds is 6. The van der Waals surface area contributed by atoms with Gasteiger partial charge in [-0.1, -0.05) is 42.8 Å². The standard InChI is InChI=1S/C19H21ClO4S/c1-2-13-3-5-14(6-4-13)17-18(19(17,11-21)12-22)25(23,24)16-9-7-15(20)8-10-16/h3-10,17-18,21-22H,2,11-12H2,1H3. The first kappa shape index (κ1) is 18.4. The molecule has 2 N–H and O–H groups in total. The molecule has 2 aromatic rings. The van der Waals surface area contributed by atoms with Gasteiger partial charge in [0.15, 0.2) is 9.84 Å². The number of halogens is 1. The van der Waals surface area contributed by atoms with E-state index in [9.17, 15) is 18.6 Å². The highest BCUT2D eigenvalue weighted by Crippen LogP contribution is 2.63. The molecule has 0 spiro atoms. The summed E-state index contributed by atoms with van der Waals surface area (Å²) in [5.74, 6) is -0.436. The first-order valence-corrected chi connectivity index (χ1v) is 10.1. The van der Waals surface area contributed by atoms with Gasteiger partial charge in [-0.15, -0.1) is 0 Å². The van der Waals surface area contributed by atoms with Crippen molar-refractivity contribution in [1.82, 2.24) is 0 Å². The Balaban J connectivity index is 2.02. The molecule has 1 saturated carbocycles. The van der Waals surface area contributed by atoms with Crippen LogP contribution in [0.5, 0.6) is 0 Å². The van der Waals surface area contributed by atoms with Gasteiger partial charge in [0.25, 0.3) is 0 Å². The van der Waals surface area contributed by atoms with Crippen molar-refractivity contribution < 1.29 is 18.6 Å². The SMILES string of the molecule is CCc1ccc(C2C(S(=O)(=O)c3ccc(Cl)cc3)C2(CO)CO)cc1. The smallest absolute Gasteiger partial charge is 0.182 e. The fourth-order valence-corrected chi connectivity index (χ4v) is 6.16. The summed E-state index contributed by atoms with van der Waals surface area (Å²) in [6.07, 6.45) is 0.891. The second kappa shape index (κ2) is 6.72. The molecule has 1 aliphatic rings. The zero-order chi connectivity index (χ0) is 18.2. The van der Waals surface area contributed by atoms with Crippen molar-refractivity contribution in [3.05, 3.63) is 64.7 Å². The van der Waals surface area contributed by atoms with Crippen molar-refractivity contribution in [3.63, 3.8) is 0 Å². The molecule has 6 heteroatoms. The van der Waals surface area contributed by atoms with Gasteiger partial charge in [0.1, 0.15) is 0 Å². The summed E-state index contributed by atoms with van der Waals surface area (Å²) in [7, 11) is -3.71. The number of aliphatic hydroxyl groups excluding tert-OH is 2. The van der Waals surface area contributed by atoms with Crippen molar-refractivity contribution in [2.24, 2.45) is 5.41 Å². The normalized spacial score (nSPS) is 21.9. The van der Waals surface area contributed by atoms with E-state index in [1.165, 1.54) is 24.3 Å². The summed E-state index contributed by atoms with van der Waals surface area (Å²) in [5, 5.41) is 19.3. The fourth-order valence-electron chi connectivity index (χ4n) is 3.61. The van der Waals surface area contributed by atoms with Crippen LogP contribution in [-0.4, -0.2) is 37.1 Å². The maximum absolute atomic E-state index is 13.1. The maximum atomic E-state index is 13.1. The number of aliphatic hydroxyl groups is 2. The van der Waals surface area contributed by atoms with Gasteiger partial charge < -0.3 is 10.2 Å². The van der Waals surface area contributed by atoms with Crippen molar-refractivity contribution >= 4 is 21.4 Å². The third kappa shape index (κ3) is 2.99. The second-order valence-corrected chi connectivity index (χ2v) is 9.05. The summed E-state index contributed by atoms with van der Waals surface area (Å²) in [6, 6.07) is 13.7. The molecule has 25 heavy (non-hydrogen) atoms. The second-order valence-electron chi connectivity index (χ2n) is 6.54. The Kier molecular flexibility index (Phi) is 4.95. The average molecular weight is 381 g/mol. The molecule has 2 atom stereocenters. The van der Waals surface area contributed by atoms with Crippen LogP contribution in [0.1, 0.15) is 24.0 Å². The lowest BCUT2D eigenvalue weighted by Crippen LogP contribution is -2.23. The number of hydrogen-bond donors (Lipinski definition) is 2. The van der Waals surface area contributed by atoms with E-state index in [0.717, 1.165) is 17.5 Å². The predicted octanol–water partition coefficient (Wildman–Crippen LogP) is 2.81. The van der Waals surface area contributed by atoms with E-state index in [-0.39, 0.29) is 18.1 Å². The highest BCUT2D eigenvalue weighted by atomic mass is 35.5. The average Bonchev–Trinajstić information content (AvgIpc) is 3.33. The van der Waals surface area contributed by atoms with Crippen molar-refractivity contribution in [2.75, 3.05) is 13.2 Å². The summed E-state index contributed by atoms with van der Waals surface area (Å²) >= 11 is 5.85. The molecule has 0 amide bonds. The number of sulfone groups is 1. The number of hydrogen-bond acceptors (Lipinski definition) is 4. The minimum atomic E-state index is -3.71. The molecular weight excluding hydrogens is 360 g/mol. The third-order valence-corrected chi connectivity index (χ3v) is 7.78. The van der Waals surface area contributed by atoms with Gasteiger partial charge in [0.2, 0.25) is 0 Å². The molecule has 4 nitrogen and oxygen atoms in total. The molecule has 0 saturated heterocycles. The Hall–Kier alpha value is -1.40.